The van der Waals surface area contributed by atoms with E-state index in [2.05, 4.69) is 4.89 Å². The first-order valence-electron chi connectivity index (χ1n) is 12.1. The summed E-state index contributed by atoms with van der Waals surface area (Å²) in [6, 6.07) is 22.3. The Kier molecular flexibility index (Phi) is 9.81. The third-order valence-corrected chi connectivity index (χ3v) is 6.31. The van der Waals surface area contributed by atoms with Crippen LogP contribution in [-0.2, 0) is 21.7 Å². The summed E-state index contributed by atoms with van der Waals surface area (Å²) < 4.78 is 11.3. The minimum Gasteiger partial charge on any atom is -0.508 e. The largest absolute Gasteiger partial charge is 0.508 e. The van der Waals surface area contributed by atoms with Crippen LogP contribution in [0.25, 0.3) is 0 Å². The van der Waals surface area contributed by atoms with Gasteiger partial charge in [0.25, 0.3) is 0 Å². The van der Waals surface area contributed by atoms with Crippen LogP contribution in [0.4, 0.5) is 0 Å². The first-order valence-corrected chi connectivity index (χ1v) is 12.1. The second-order valence-corrected chi connectivity index (χ2v) is 9.27. The standard InChI is InChI=1S/C30H26O9.CH2O/c1-30(2,19-3-9-23(10-4-19)38-27-14-8-21(31)15-18(27)17-37-36)20-5-11-24(12-6-20)39-29(35)25-13-7-22(32)16-26(25)28(33)34;1-2/h3-16,31-32,36H,17H2,1-2H3,(H,33,34);1H2. The zero-order valence-electron chi connectivity index (χ0n) is 22.2. The van der Waals surface area contributed by atoms with Gasteiger partial charge in [-0.2, -0.15) is 0 Å². The molecule has 0 aromatic heterocycles. The summed E-state index contributed by atoms with van der Waals surface area (Å²) in [6.07, 6.45) is 0. The summed E-state index contributed by atoms with van der Waals surface area (Å²) >= 11 is 0. The fourth-order valence-electron chi connectivity index (χ4n) is 4.07. The molecule has 0 atom stereocenters. The number of aromatic carboxylic acids is 1. The zero-order chi connectivity index (χ0) is 30.2. The lowest BCUT2D eigenvalue weighted by Gasteiger charge is -2.26. The number of phenols is 2. The molecule has 0 unspecified atom stereocenters. The number of carbonyl (C=O) groups is 3. The monoisotopic (exact) mass is 560 g/mol. The number of carboxylic acids is 1. The summed E-state index contributed by atoms with van der Waals surface area (Å²) in [7, 11) is 0. The van der Waals surface area contributed by atoms with Crippen LogP contribution < -0.4 is 9.47 Å². The first-order chi connectivity index (χ1) is 19.6. The quantitative estimate of drug-likeness (QED) is 0.0835. The fourth-order valence-corrected chi connectivity index (χ4v) is 4.07. The van der Waals surface area contributed by atoms with E-state index in [-0.39, 0.29) is 35.0 Å². The number of carboxylic acid groups (broad SMARTS) is 1. The van der Waals surface area contributed by atoms with E-state index in [0.717, 1.165) is 17.2 Å². The van der Waals surface area contributed by atoms with E-state index < -0.39 is 17.4 Å². The molecule has 10 nitrogen and oxygen atoms in total. The third kappa shape index (κ3) is 7.27. The van der Waals surface area contributed by atoms with Crippen molar-refractivity contribution in [3.63, 3.8) is 0 Å². The average molecular weight is 561 g/mol. The van der Waals surface area contributed by atoms with Crippen molar-refractivity contribution in [3.8, 4) is 28.7 Å². The van der Waals surface area contributed by atoms with E-state index in [9.17, 15) is 24.9 Å². The molecule has 0 aliphatic rings. The van der Waals surface area contributed by atoms with Crippen molar-refractivity contribution in [2.75, 3.05) is 0 Å². The van der Waals surface area contributed by atoms with Gasteiger partial charge in [-0.3, -0.25) is 5.26 Å². The maximum Gasteiger partial charge on any atom is 0.344 e. The molecule has 4 aromatic carbocycles. The molecule has 0 aliphatic carbocycles. The van der Waals surface area contributed by atoms with Gasteiger partial charge in [0.1, 0.15) is 42.1 Å². The van der Waals surface area contributed by atoms with E-state index in [1.165, 1.54) is 24.3 Å². The minimum absolute atomic E-state index is 0.0256. The second kappa shape index (κ2) is 13.2. The topological polar surface area (TPSA) is 160 Å². The molecule has 0 fully saturated rings. The van der Waals surface area contributed by atoms with Gasteiger partial charge in [0.05, 0.1) is 11.1 Å². The summed E-state index contributed by atoms with van der Waals surface area (Å²) in [6.45, 7) is 5.93. The molecule has 4 aromatic rings. The molecule has 10 heteroatoms. The van der Waals surface area contributed by atoms with Crippen molar-refractivity contribution in [2.24, 2.45) is 0 Å². The van der Waals surface area contributed by atoms with Crippen LogP contribution in [-0.4, -0.2) is 39.3 Å². The number of phenolic OH excluding ortho intramolecular Hbond substituents is 2. The number of carbonyl (C=O) groups excluding carboxylic acids is 2. The van der Waals surface area contributed by atoms with Crippen LogP contribution in [0.15, 0.2) is 84.9 Å². The smallest absolute Gasteiger partial charge is 0.344 e. The highest BCUT2D eigenvalue weighted by Crippen LogP contribution is 2.35. The van der Waals surface area contributed by atoms with Crippen molar-refractivity contribution < 1.29 is 49.3 Å². The molecular weight excluding hydrogens is 532 g/mol. The molecule has 0 spiro atoms. The van der Waals surface area contributed by atoms with Crippen LogP contribution in [0.1, 0.15) is 51.3 Å². The van der Waals surface area contributed by atoms with E-state index in [1.54, 1.807) is 30.3 Å². The number of benzene rings is 4. The van der Waals surface area contributed by atoms with Gasteiger partial charge in [-0.15, -0.1) is 0 Å². The maximum atomic E-state index is 12.6. The highest BCUT2D eigenvalue weighted by Gasteiger charge is 2.24. The number of hydrogen-bond acceptors (Lipinski definition) is 9. The maximum absolute atomic E-state index is 12.6. The molecule has 41 heavy (non-hydrogen) atoms. The van der Waals surface area contributed by atoms with Gasteiger partial charge in [-0.05, 0) is 71.8 Å². The fraction of sp³-hybridized carbons (Fsp3) is 0.129. The normalized spacial score (nSPS) is 10.7. The Morgan fingerprint density at radius 3 is 1.85 bits per heavy atom. The number of esters is 1. The van der Waals surface area contributed by atoms with E-state index in [4.69, 9.17) is 19.5 Å². The predicted molar refractivity (Wildman–Crippen MR) is 148 cm³/mol. The lowest BCUT2D eigenvalue weighted by Crippen LogP contribution is -2.19. The molecular formula is C31H28O10. The lowest BCUT2D eigenvalue weighted by molar-refractivity contribution is -0.253. The predicted octanol–water partition coefficient (Wildman–Crippen LogP) is 5.94. The lowest BCUT2D eigenvalue weighted by atomic mass is 9.78. The second-order valence-electron chi connectivity index (χ2n) is 9.27. The van der Waals surface area contributed by atoms with Crippen LogP contribution in [0.5, 0.6) is 28.7 Å². The Labute approximate surface area is 235 Å². The van der Waals surface area contributed by atoms with Crippen molar-refractivity contribution in [2.45, 2.75) is 25.9 Å². The Hall–Kier alpha value is -5.19. The SMILES string of the molecule is C=O.CC(C)(c1ccc(OC(=O)c2ccc(O)cc2C(=O)O)cc1)c1ccc(Oc2ccc(O)cc2COO)cc1. The van der Waals surface area contributed by atoms with Gasteiger partial charge >= 0.3 is 11.9 Å². The van der Waals surface area contributed by atoms with Gasteiger partial charge < -0.3 is 29.6 Å². The number of aromatic hydroxyl groups is 2. The van der Waals surface area contributed by atoms with Gasteiger partial charge in [0, 0.05) is 11.0 Å². The molecule has 0 saturated heterocycles. The molecule has 0 bridgehead atoms. The Morgan fingerprint density at radius 2 is 1.29 bits per heavy atom. The van der Waals surface area contributed by atoms with E-state index >= 15 is 0 Å². The van der Waals surface area contributed by atoms with Crippen molar-refractivity contribution >= 4 is 18.7 Å². The third-order valence-electron chi connectivity index (χ3n) is 6.31. The number of rotatable bonds is 9. The molecule has 0 radical (unpaired) electrons. The average Bonchev–Trinajstić information content (AvgIpc) is 2.96. The molecule has 0 heterocycles. The van der Waals surface area contributed by atoms with Gasteiger partial charge in [-0.25, -0.2) is 14.5 Å². The van der Waals surface area contributed by atoms with Crippen LogP contribution in [0.3, 0.4) is 0 Å². The summed E-state index contributed by atoms with van der Waals surface area (Å²) in [4.78, 5) is 36.2. The number of hydrogen-bond donors (Lipinski definition) is 4. The molecule has 4 N–H and O–H groups in total. The highest BCUT2D eigenvalue weighted by molar-refractivity contribution is 6.03. The molecule has 4 rings (SSSR count). The minimum atomic E-state index is -1.35. The van der Waals surface area contributed by atoms with E-state index in [1.807, 2.05) is 44.9 Å². The van der Waals surface area contributed by atoms with Crippen LogP contribution >= 0.6 is 0 Å². The highest BCUT2D eigenvalue weighted by atomic mass is 17.1. The first kappa shape index (κ1) is 30.4. The van der Waals surface area contributed by atoms with Crippen LogP contribution in [0, 0.1) is 0 Å². The Balaban J connectivity index is 0.00000226. The molecule has 0 saturated carbocycles. The summed E-state index contributed by atoms with van der Waals surface area (Å²) in [5, 5.41) is 37.3. The Morgan fingerprint density at radius 1 is 0.756 bits per heavy atom. The number of ether oxygens (including phenoxy) is 2. The molecule has 0 aliphatic heterocycles. The summed E-state index contributed by atoms with van der Waals surface area (Å²) in [5.41, 5.74) is 1.45. The van der Waals surface area contributed by atoms with E-state index in [0.29, 0.717) is 17.1 Å². The van der Waals surface area contributed by atoms with Gasteiger partial charge in [-0.1, -0.05) is 38.1 Å². The molecule has 0 amide bonds. The summed E-state index contributed by atoms with van der Waals surface area (Å²) in [5.74, 6) is -1.22. The van der Waals surface area contributed by atoms with Crippen molar-refractivity contribution in [1.82, 2.24) is 0 Å². The van der Waals surface area contributed by atoms with Crippen molar-refractivity contribution in [3.05, 3.63) is 113 Å². The Bertz CT molecular complexity index is 1510. The molecule has 212 valence electrons. The van der Waals surface area contributed by atoms with Gasteiger partial charge in [0.15, 0.2) is 0 Å². The zero-order valence-corrected chi connectivity index (χ0v) is 22.2. The van der Waals surface area contributed by atoms with Crippen LogP contribution in [0.2, 0.25) is 0 Å². The van der Waals surface area contributed by atoms with Crippen molar-refractivity contribution in [1.29, 1.82) is 0 Å². The van der Waals surface area contributed by atoms with Gasteiger partial charge in [0.2, 0.25) is 0 Å².